The second-order valence-corrected chi connectivity index (χ2v) is 5.04. The van der Waals surface area contributed by atoms with Crippen LogP contribution in [-0.2, 0) is 0 Å². The molecule has 1 aromatic carbocycles. The highest BCUT2D eigenvalue weighted by molar-refractivity contribution is 5.94. The first-order valence-electron chi connectivity index (χ1n) is 6.61. The predicted molar refractivity (Wildman–Crippen MR) is 76.1 cm³/mol. The molecule has 1 N–H and O–H groups in total. The molecule has 1 aromatic rings. The summed E-state index contributed by atoms with van der Waals surface area (Å²) in [5, 5.41) is 3.07. The Morgan fingerprint density at radius 1 is 1.24 bits per heavy atom. The molecule has 1 aliphatic rings. The van der Waals surface area contributed by atoms with E-state index in [-0.39, 0.29) is 12.4 Å². The standard InChI is InChI=1S/C14H17F3N2O.ClH/c1-18-8-9-2-4-19(5-3-9)14(20)13-11(16)6-10(15)7-12(13)17;/h6-7,9,18H,2-5,8H2,1H3;1H. The van der Waals surface area contributed by atoms with Gasteiger partial charge in [-0.05, 0) is 32.4 Å². The maximum absolute atomic E-state index is 13.6. The van der Waals surface area contributed by atoms with Gasteiger partial charge in [-0.3, -0.25) is 4.79 Å². The van der Waals surface area contributed by atoms with Crippen molar-refractivity contribution in [2.75, 3.05) is 26.7 Å². The average Bonchev–Trinajstić information content (AvgIpc) is 2.38. The fourth-order valence-electron chi connectivity index (χ4n) is 2.53. The van der Waals surface area contributed by atoms with E-state index in [4.69, 9.17) is 0 Å². The zero-order valence-electron chi connectivity index (χ0n) is 11.7. The molecule has 7 heteroatoms. The zero-order chi connectivity index (χ0) is 14.7. The van der Waals surface area contributed by atoms with Crippen LogP contribution in [0.15, 0.2) is 12.1 Å². The predicted octanol–water partition coefficient (Wildman–Crippen LogP) is 2.60. The van der Waals surface area contributed by atoms with Crippen LogP contribution in [0.25, 0.3) is 0 Å². The molecule has 0 atom stereocenters. The number of nitrogens with zero attached hydrogens (tertiary/aromatic N) is 1. The molecule has 1 fully saturated rings. The van der Waals surface area contributed by atoms with Gasteiger partial charge >= 0.3 is 0 Å². The molecule has 0 saturated carbocycles. The number of rotatable bonds is 3. The minimum absolute atomic E-state index is 0. The average molecular weight is 323 g/mol. The van der Waals surface area contributed by atoms with Crippen LogP contribution in [-0.4, -0.2) is 37.5 Å². The van der Waals surface area contributed by atoms with Gasteiger partial charge in [-0.2, -0.15) is 0 Å². The number of hydrogen-bond donors (Lipinski definition) is 1. The van der Waals surface area contributed by atoms with E-state index in [2.05, 4.69) is 5.32 Å². The minimum atomic E-state index is -1.15. The molecule has 0 aliphatic carbocycles. The third-order valence-corrected chi connectivity index (χ3v) is 3.62. The van der Waals surface area contributed by atoms with Crippen LogP contribution in [0.5, 0.6) is 0 Å². The quantitative estimate of drug-likeness (QED) is 0.927. The Morgan fingerprint density at radius 3 is 2.24 bits per heavy atom. The Hall–Kier alpha value is -1.27. The van der Waals surface area contributed by atoms with E-state index in [9.17, 15) is 18.0 Å². The minimum Gasteiger partial charge on any atom is -0.338 e. The van der Waals surface area contributed by atoms with E-state index in [1.807, 2.05) is 7.05 Å². The number of benzene rings is 1. The Labute approximate surface area is 127 Å². The van der Waals surface area contributed by atoms with Gasteiger partial charge < -0.3 is 10.2 Å². The summed E-state index contributed by atoms with van der Waals surface area (Å²) in [5.41, 5.74) is -0.668. The molecule has 3 nitrogen and oxygen atoms in total. The van der Waals surface area contributed by atoms with Crippen LogP contribution >= 0.6 is 12.4 Å². The first-order chi connectivity index (χ1) is 9.52. The van der Waals surface area contributed by atoms with E-state index < -0.39 is 28.9 Å². The second-order valence-electron chi connectivity index (χ2n) is 5.04. The Morgan fingerprint density at radius 2 is 1.76 bits per heavy atom. The number of halogens is 4. The number of carbonyl (C=O) groups is 1. The van der Waals surface area contributed by atoms with Gasteiger partial charge in [0.25, 0.3) is 5.91 Å². The smallest absolute Gasteiger partial charge is 0.259 e. The van der Waals surface area contributed by atoms with Gasteiger partial charge in [0.15, 0.2) is 0 Å². The Bertz CT molecular complexity index is 482. The van der Waals surface area contributed by atoms with E-state index in [0.717, 1.165) is 19.4 Å². The molecule has 1 amide bonds. The number of likely N-dealkylation sites (tertiary alicyclic amines) is 1. The molecule has 0 radical (unpaired) electrons. The molecule has 1 aliphatic heterocycles. The number of nitrogens with one attached hydrogen (secondary N) is 1. The lowest BCUT2D eigenvalue weighted by atomic mass is 9.96. The van der Waals surface area contributed by atoms with Gasteiger partial charge in [-0.1, -0.05) is 0 Å². The van der Waals surface area contributed by atoms with Crippen LogP contribution in [0.2, 0.25) is 0 Å². The maximum atomic E-state index is 13.6. The fraction of sp³-hybridized carbons (Fsp3) is 0.500. The number of piperidine rings is 1. The van der Waals surface area contributed by atoms with Gasteiger partial charge in [0, 0.05) is 25.2 Å². The van der Waals surface area contributed by atoms with Crippen LogP contribution in [0.4, 0.5) is 13.2 Å². The molecule has 0 unspecified atom stereocenters. The van der Waals surface area contributed by atoms with Crippen molar-refractivity contribution in [1.29, 1.82) is 0 Å². The lowest BCUT2D eigenvalue weighted by Gasteiger charge is -2.32. The summed E-state index contributed by atoms with van der Waals surface area (Å²) in [6.07, 6.45) is 1.58. The van der Waals surface area contributed by atoms with Gasteiger partial charge in [-0.15, -0.1) is 12.4 Å². The van der Waals surface area contributed by atoms with E-state index in [1.54, 1.807) is 0 Å². The van der Waals surface area contributed by atoms with E-state index in [0.29, 0.717) is 31.1 Å². The third-order valence-electron chi connectivity index (χ3n) is 3.62. The van der Waals surface area contributed by atoms with Crippen molar-refractivity contribution in [3.05, 3.63) is 35.1 Å². The molecule has 2 rings (SSSR count). The lowest BCUT2D eigenvalue weighted by Crippen LogP contribution is -2.41. The summed E-state index contributed by atoms with van der Waals surface area (Å²) >= 11 is 0. The molecule has 1 heterocycles. The maximum Gasteiger partial charge on any atom is 0.259 e. The molecule has 118 valence electrons. The molecule has 0 bridgehead atoms. The number of amides is 1. The molecular weight excluding hydrogens is 305 g/mol. The first-order valence-corrected chi connectivity index (χ1v) is 6.61. The SMILES string of the molecule is CNCC1CCN(C(=O)c2c(F)cc(F)cc2F)CC1.Cl. The van der Waals surface area contributed by atoms with Gasteiger partial charge in [0.1, 0.15) is 23.0 Å². The molecule has 21 heavy (non-hydrogen) atoms. The summed E-state index contributed by atoms with van der Waals surface area (Å²) in [4.78, 5) is 13.5. The molecule has 0 aromatic heterocycles. The second kappa shape index (κ2) is 7.66. The van der Waals surface area contributed by atoms with Crippen LogP contribution in [0.1, 0.15) is 23.2 Å². The summed E-state index contributed by atoms with van der Waals surface area (Å²) in [7, 11) is 1.86. The summed E-state index contributed by atoms with van der Waals surface area (Å²) in [6.45, 7) is 1.78. The summed E-state index contributed by atoms with van der Waals surface area (Å²) in [5.74, 6) is -3.56. The highest BCUT2D eigenvalue weighted by Gasteiger charge is 2.27. The van der Waals surface area contributed by atoms with Gasteiger partial charge in [-0.25, -0.2) is 13.2 Å². The van der Waals surface area contributed by atoms with Crippen molar-refractivity contribution in [2.24, 2.45) is 5.92 Å². The lowest BCUT2D eigenvalue weighted by molar-refractivity contribution is 0.0681. The van der Waals surface area contributed by atoms with Crippen molar-refractivity contribution >= 4 is 18.3 Å². The van der Waals surface area contributed by atoms with E-state index in [1.165, 1.54) is 4.90 Å². The van der Waals surface area contributed by atoms with Gasteiger partial charge in [0.2, 0.25) is 0 Å². The Balaban J connectivity index is 0.00000220. The Kier molecular flexibility index (Phi) is 6.48. The van der Waals surface area contributed by atoms with Gasteiger partial charge in [0.05, 0.1) is 0 Å². The van der Waals surface area contributed by atoms with Crippen LogP contribution < -0.4 is 5.32 Å². The number of hydrogen-bond acceptors (Lipinski definition) is 2. The highest BCUT2D eigenvalue weighted by Crippen LogP contribution is 2.21. The van der Waals surface area contributed by atoms with Crippen molar-refractivity contribution in [3.8, 4) is 0 Å². The van der Waals surface area contributed by atoms with Crippen molar-refractivity contribution in [2.45, 2.75) is 12.8 Å². The highest BCUT2D eigenvalue weighted by atomic mass is 35.5. The third kappa shape index (κ3) is 4.11. The van der Waals surface area contributed by atoms with Crippen LogP contribution in [0, 0.1) is 23.4 Å². The molecule has 1 saturated heterocycles. The topological polar surface area (TPSA) is 32.3 Å². The zero-order valence-corrected chi connectivity index (χ0v) is 12.5. The molecule has 0 spiro atoms. The normalized spacial score (nSPS) is 15.7. The summed E-state index contributed by atoms with van der Waals surface area (Å²) in [6, 6.07) is 1.06. The monoisotopic (exact) mass is 322 g/mol. The fourth-order valence-corrected chi connectivity index (χ4v) is 2.53. The van der Waals surface area contributed by atoms with Crippen molar-refractivity contribution in [1.82, 2.24) is 10.2 Å². The van der Waals surface area contributed by atoms with Crippen molar-refractivity contribution in [3.63, 3.8) is 0 Å². The first kappa shape index (κ1) is 17.8. The van der Waals surface area contributed by atoms with Crippen LogP contribution in [0.3, 0.4) is 0 Å². The largest absolute Gasteiger partial charge is 0.338 e. The number of carbonyl (C=O) groups excluding carboxylic acids is 1. The summed E-state index contributed by atoms with van der Waals surface area (Å²) < 4.78 is 40.0. The molecular formula is C14H18ClF3N2O. The van der Waals surface area contributed by atoms with Crippen molar-refractivity contribution < 1.29 is 18.0 Å². The van der Waals surface area contributed by atoms with E-state index >= 15 is 0 Å².